The standard InChI is InChI=1S/C9H16N2O3/c1-9(2,7(12)13)6-4-3-5-11(6)8(10)14/h6H,3-5H2,1-2H3,(H2,10,14)(H,12,13). The average molecular weight is 200 g/mol. The number of carbonyl (C=O) groups excluding carboxylic acids is 1. The fourth-order valence-electron chi connectivity index (χ4n) is 1.92. The van der Waals surface area contributed by atoms with Gasteiger partial charge in [-0.2, -0.15) is 0 Å². The average Bonchev–Trinajstić information content (AvgIpc) is 2.51. The summed E-state index contributed by atoms with van der Waals surface area (Å²) < 4.78 is 0. The topological polar surface area (TPSA) is 83.6 Å². The van der Waals surface area contributed by atoms with E-state index < -0.39 is 17.4 Å². The van der Waals surface area contributed by atoms with Crippen molar-refractivity contribution in [3.05, 3.63) is 0 Å². The molecule has 0 radical (unpaired) electrons. The summed E-state index contributed by atoms with van der Waals surface area (Å²) in [5.41, 5.74) is 4.25. The van der Waals surface area contributed by atoms with E-state index in [4.69, 9.17) is 10.8 Å². The Morgan fingerprint density at radius 1 is 1.50 bits per heavy atom. The molecule has 1 rings (SSSR count). The van der Waals surface area contributed by atoms with Gasteiger partial charge in [-0.1, -0.05) is 0 Å². The molecule has 5 heteroatoms. The number of likely N-dealkylation sites (tertiary alicyclic amines) is 1. The number of carboxylic acids is 1. The number of hydrogen-bond donors (Lipinski definition) is 2. The lowest BCUT2D eigenvalue weighted by atomic mass is 9.83. The lowest BCUT2D eigenvalue weighted by Gasteiger charge is -2.33. The second-order valence-electron chi connectivity index (χ2n) is 4.22. The summed E-state index contributed by atoms with van der Waals surface area (Å²) in [4.78, 5) is 23.5. The molecule has 1 atom stereocenters. The lowest BCUT2D eigenvalue weighted by Crippen LogP contribution is -2.49. The van der Waals surface area contributed by atoms with Gasteiger partial charge < -0.3 is 15.7 Å². The maximum Gasteiger partial charge on any atom is 0.315 e. The lowest BCUT2D eigenvalue weighted by molar-refractivity contribution is -0.149. The molecular weight excluding hydrogens is 184 g/mol. The van der Waals surface area contributed by atoms with Crippen LogP contribution in [0.5, 0.6) is 0 Å². The fourth-order valence-corrected chi connectivity index (χ4v) is 1.92. The van der Waals surface area contributed by atoms with Crippen molar-refractivity contribution < 1.29 is 14.7 Å². The number of primary amides is 1. The monoisotopic (exact) mass is 200 g/mol. The number of urea groups is 1. The van der Waals surface area contributed by atoms with E-state index >= 15 is 0 Å². The van der Waals surface area contributed by atoms with Gasteiger partial charge in [0, 0.05) is 12.6 Å². The first kappa shape index (κ1) is 10.8. The highest BCUT2D eigenvalue weighted by Crippen LogP contribution is 2.33. The number of aliphatic carboxylic acids is 1. The minimum absolute atomic E-state index is 0.280. The molecule has 0 saturated carbocycles. The van der Waals surface area contributed by atoms with Crippen molar-refractivity contribution in [2.24, 2.45) is 11.1 Å². The summed E-state index contributed by atoms with van der Waals surface area (Å²) >= 11 is 0. The predicted molar refractivity (Wildman–Crippen MR) is 50.7 cm³/mol. The number of nitrogens with two attached hydrogens (primary N) is 1. The van der Waals surface area contributed by atoms with E-state index in [0.29, 0.717) is 13.0 Å². The van der Waals surface area contributed by atoms with Crippen LogP contribution in [0, 0.1) is 5.41 Å². The first-order valence-corrected chi connectivity index (χ1v) is 4.67. The van der Waals surface area contributed by atoms with Gasteiger partial charge in [0.1, 0.15) is 0 Å². The van der Waals surface area contributed by atoms with Gasteiger partial charge >= 0.3 is 12.0 Å². The van der Waals surface area contributed by atoms with Crippen LogP contribution in [0.3, 0.4) is 0 Å². The molecule has 3 N–H and O–H groups in total. The summed E-state index contributed by atoms with van der Waals surface area (Å²) in [7, 11) is 0. The van der Waals surface area contributed by atoms with E-state index in [9.17, 15) is 9.59 Å². The minimum atomic E-state index is -0.925. The molecule has 0 aromatic rings. The Labute approximate surface area is 82.9 Å². The van der Waals surface area contributed by atoms with Gasteiger partial charge in [0.05, 0.1) is 5.41 Å². The van der Waals surface area contributed by atoms with Crippen LogP contribution in [0.4, 0.5) is 4.79 Å². The molecule has 1 aliphatic heterocycles. The quantitative estimate of drug-likeness (QED) is 0.686. The Bertz CT molecular complexity index is 263. The summed E-state index contributed by atoms with van der Waals surface area (Å²) in [6.07, 6.45) is 1.53. The molecule has 5 nitrogen and oxygen atoms in total. The Balaban J connectivity index is 2.86. The number of carboxylic acid groups (broad SMARTS) is 1. The number of nitrogens with zero attached hydrogens (tertiary/aromatic N) is 1. The zero-order chi connectivity index (χ0) is 10.9. The summed E-state index contributed by atoms with van der Waals surface area (Å²) in [5.74, 6) is -0.893. The van der Waals surface area contributed by atoms with E-state index in [-0.39, 0.29) is 6.04 Å². The van der Waals surface area contributed by atoms with Crippen LogP contribution >= 0.6 is 0 Å². The second-order valence-corrected chi connectivity index (χ2v) is 4.22. The summed E-state index contributed by atoms with van der Waals surface area (Å²) in [6, 6.07) is -0.806. The summed E-state index contributed by atoms with van der Waals surface area (Å²) in [5, 5.41) is 9.02. The van der Waals surface area contributed by atoms with Crippen molar-refractivity contribution >= 4 is 12.0 Å². The highest BCUT2D eigenvalue weighted by atomic mass is 16.4. The van der Waals surface area contributed by atoms with Crippen molar-refractivity contribution in [1.29, 1.82) is 0 Å². The fraction of sp³-hybridized carbons (Fsp3) is 0.778. The van der Waals surface area contributed by atoms with Crippen LogP contribution in [0.1, 0.15) is 26.7 Å². The van der Waals surface area contributed by atoms with Crippen molar-refractivity contribution in [1.82, 2.24) is 4.90 Å². The molecule has 0 spiro atoms. The van der Waals surface area contributed by atoms with Crippen molar-refractivity contribution in [3.63, 3.8) is 0 Å². The third kappa shape index (κ3) is 1.66. The SMILES string of the molecule is CC(C)(C(=O)O)C1CCCN1C(N)=O. The highest BCUT2D eigenvalue weighted by molar-refractivity contribution is 5.78. The van der Waals surface area contributed by atoms with Gasteiger partial charge in [-0.25, -0.2) is 4.79 Å². The molecule has 1 unspecified atom stereocenters. The van der Waals surface area contributed by atoms with Crippen molar-refractivity contribution in [3.8, 4) is 0 Å². The molecule has 1 saturated heterocycles. The molecule has 80 valence electrons. The van der Waals surface area contributed by atoms with E-state index in [1.807, 2.05) is 0 Å². The molecule has 1 fully saturated rings. The van der Waals surface area contributed by atoms with E-state index in [2.05, 4.69) is 0 Å². The first-order chi connectivity index (χ1) is 6.37. The molecule has 0 aliphatic carbocycles. The van der Waals surface area contributed by atoms with Gasteiger partial charge in [0.15, 0.2) is 0 Å². The molecule has 2 amide bonds. The minimum Gasteiger partial charge on any atom is -0.481 e. The van der Waals surface area contributed by atoms with E-state index in [1.165, 1.54) is 4.90 Å². The Hall–Kier alpha value is -1.26. The smallest absolute Gasteiger partial charge is 0.315 e. The van der Waals surface area contributed by atoms with Gasteiger partial charge in [0.25, 0.3) is 0 Å². The molecule has 0 aromatic heterocycles. The van der Waals surface area contributed by atoms with Crippen molar-refractivity contribution in [2.75, 3.05) is 6.54 Å². The number of hydrogen-bond acceptors (Lipinski definition) is 2. The largest absolute Gasteiger partial charge is 0.481 e. The molecule has 14 heavy (non-hydrogen) atoms. The van der Waals surface area contributed by atoms with Crippen molar-refractivity contribution in [2.45, 2.75) is 32.7 Å². The van der Waals surface area contributed by atoms with Crippen LogP contribution in [0.25, 0.3) is 0 Å². The number of rotatable bonds is 2. The van der Waals surface area contributed by atoms with Gasteiger partial charge in [-0.15, -0.1) is 0 Å². The molecular formula is C9H16N2O3. The maximum atomic E-state index is 11.0. The van der Waals surface area contributed by atoms with Gasteiger partial charge in [0.2, 0.25) is 0 Å². The van der Waals surface area contributed by atoms with Crippen LogP contribution in [0.2, 0.25) is 0 Å². The van der Waals surface area contributed by atoms with Crippen LogP contribution < -0.4 is 5.73 Å². The molecule has 0 bridgehead atoms. The zero-order valence-electron chi connectivity index (χ0n) is 8.49. The predicted octanol–water partition coefficient (Wildman–Crippen LogP) is 0.640. The van der Waals surface area contributed by atoms with Gasteiger partial charge in [-0.3, -0.25) is 4.79 Å². The van der Waals surface area contributed by atoms with Crippen LogP contribution in [-0.2, 0) is 4.79 Å². The first-order valence-electron chi connectivity index (χ1n) is 4.67. The number of carbonyl (C=O) groups is 2. The molecule has 0 aromatic carbocycles. The third-order valence-electron chi connectivity index (χ3n) is 2.92. The third-order valence-corrected chi connectivity index (χ3v) is 2.92. The Morgan fingerprint density at radius 2 is 2.07 bits per heavy atom. The Kier molecular flexibility index (Phi) is 2.69. The van der Waals surface area contributed by atoms with Gasteiger partial charge in [-0.05, 0) is 26.7 Å². The van der Waals surface area contributed by atoms with E-state index in [0.717, 1.165) is 6.42 Å². The second kappa shape index (κ2) is 3.48. The maximum absolute atomic E-state index is 11.0. The zero-order valence-corrected chi connectivity index (χ0v) is 8.49. The van der Waals surface area contributed by atoms with Crippen LogP contribution in [-0.4, -0.2) is 34.6 Å². The van der Waals surface area contributed by atoms with E-state index in [1.54, 1.807) is 13.8 Å². The number of amides is 2. The Morgan fingerprint density at radius 3 is 2.50 bits per heavy atom. The molecule has 1 heterocycles. The summed E-state index contributed by atoms with van der Waals surface area (Å²) in [6.45, 7) is 3.82. The highest BCUT2D eigenvalue weighted by Gasteiger charge is 2.43. The normalized spacial score (nSPS) is 22.4. The molecule has 1 aliphatic rings. The van der Waals surface area contributed by atoms with Crippen LogP contribution in [0.15, 0.2) is 0 Å².